The van der Waals surface area contributed by atoms with Crippen LogP contribution in [-0.2, 0) is 0 Å². The number of hydrogen-bond donors (Lipinski definition) is 1. The summed E-state index contributed by atoms with van der Waals surface area (Å²) in [5, 5.41) is 2.89. The summed E-state index contributed by atoms with van der Waals surface area (Å²) in [7, 11) is 0. The van der Waals surface area contributed by atoms with Gasteiger partial charge in [0.2, 0.25) is 0 Å². The molecule has 0 aliphatic heterocycles. The monoisotopic (exact) mass is 381 g/mol. The van der Waals surface area contributed by atoms with Gasteiger partial charge in [0.05, 0.1) is 0 Å². The summed E-state index contributed by atoms with van der Waals surface area (Å²) in [6, 6.07) is 7.85. The van der Waals surface area contributed by atoms with Gasteiger partial charge in [0, 0.05) is 0 Å². The van der Waals surface area contributed by atoms with E-state index in [1.165, 1.54) is 3.12 Å². The van der Waals surface area contributed by atoms with Gasteiger partial charge in [-0.05, 0) is 0 Å². The Kier molecular flexibility index (Phi) is 5.14. The summed E-state index contributed by atoms with van der Waals surface area (Å²) in [4.78, 5) is 11.5. The number of nitrogens with one attached hydrogen (secondary N) is 1. The van der Waals surface area contributed by atoms with Gasteiger partial charge in [0.1, 0.15) is 0 Å². The van der Waals surface area contributed by atoms with Gasteiger partial charge in [-0.2, -0.15) is 0 Å². The molecule has 0 radical (unpaired) electrons. The molecule has 0 atom stereocenters. The molecule has 2 nitrogen and oxygen atoms in total. The fraction of sp³-hybridized carbons (Fsp3) is 0.364. The van der Waals surface area contributed by atoms with Crippen LogP contribution in [-0.4, -0.2) is 38.2 Å². The van der Waals surface area contributed by atoms with Crippen molar-refractivity contribution in [2.75, 3.05) is 6.54 Å². The van der Waals surface area contributed by atoms with Crippen molar-refractivity contribution in [3.8, 4) is 0 Å². The van der Waals surface area contributed by atoms with Crippen LogP contribution in [0.2, 0.25) is 0 Å². The average Bonchev–Trinajstić information content (AvgIpc) is 2.19. The molecule has 0 saturated carbocycles. The van der Waals surface area contributed by atoms with Crippen LogP contribution in [0.15, 0.2) is 24.3 Å². The first-order valence-corrected chi connectivity index (χ1v) is 7.12. The Morgan fingerprint density at radius 2 is 2.00 bits per heavy atom. The molecule has 3 heteroatoms. The predicted octanol–water partition coefficient (Wildman–Crippen LogP) is 1.01. The summed E-state index contributed by atoms with van der Waals surface area (Å²) in [5.74, 6) is 0.0449. The molecule has 1 rings (SSSR count). The van der Waals surface area contributed by atoms with Crippen LogP contribution >= 0.6 is 0 Å². The molecule has 0 aromatic heterocycles. The van der Waals surface area contributed by atoms with Crippen molar-refractivity contribution < 1.29 is 4.79 Å². The Bertz CT molecular complexity index is 295. The molecular formula is C11H14NOTl. The maximum atomic E-state index is 11.5. The van der Waals surface area contributed by atoms with E-state index < -0.39 is 0 Å². The molecule has 72 valence electrons. The second kappa shape index (κ2) is 6.16. The summed E-state index contributed by atoms with van der Waals surface area (Å²) in [6.07, 6.45) is 2.16. The second-order valence-electron chi connectivity index (χ2n) is 3.23. The fourth-order valence-corrected chi connectivity index (χ4v) is 1.86. The molecular weight excluding hydrogens is 367 g/mol. The van der Waals surface area contributed by atoms with Gasteiger partial charge >= 0.3 is 101 Å². The molecule has 1 N–H and O–H groups in total. The van der Waals surface area contributed by atoms with E-state index >= 15 is 0 Å². The molecule has 14 heavy (non-hydrogen) atoms. The van der Waals surface area contributed by atoms with Gasteiger partial charge in [-0.25, -0.2) is 0 Å². The van der Waals surface area contributed by atoms with E-state index in [1.807, 2.05) is 24.3 Å². The molecule has 0 heterocycles. The van der Waals surface area contributed by atoms with Gasteiger partial charge in [-0.15, -0.1) is 0 Å². The zero-order valence-corrected chi connectivity index (χ0v) is 12.9. The first-order valence-electron chi connectivity index (χ1n) is 4.87. The molecule has 1 amide bonds. The Morgan fingerprint density at radius 1 is 1.36 bits per heavy atom. The third-order valence-corrected chi connectivity index (χ3v) is 3.49. The minimum atomic E-state index is 0.0449. The predicted molar refractivity (Wildman–Crippen MR) is 59.1 cm³/mol. The van der Waals surface area contributed by atoms with Crippen LogP contribution in [0.1, 0.15) is 30.1 Å². The molecule has 0 bridgehead atoms. The summed E-state index contributed by atoms with van der Waals surface area (Å²) in [5.41, 5.74) is 0.769. The number of carbonyl (C=O) groups is 1. The van der Waals surface area contributed by atoms with E-state index in [9.17, 15) is 4.79 Å². The zero-order chi connectivity index (χ0) is 10.4. The van der Waals surface area contributed by atoms with Crippen molar-refractivity contribution in [2.24, 2.45) is 0 Å². The van der Waals surface area contributed by atoms with Crippen molar-refractivity contribution in [3.63, 3.8) is 0 Å². The van der Waals surface area contributed by atoms with Gasteiger partial charge in [-0.3, -0.25) is 0 Å². The van der Waals surface area contributed by atoms with E-state index in [2.05, 4.69) is 12.2 Å². The van der Waals surface area contributed by atoms with Crippen molar-refractivity contribution in [1.29, 1.82) is 0 Å². The summed E-state index contributed by atoms with van der Waals surface area (Å²) < 4.78 is 1.34. The molecule has 1 aromatic rings. The second-order valence-corrected chi connectivity index (χ2v) is 5.82. The third-order valence-electron chi connectivity index (χ3n) is 1.99. The number of rotatable bonds is 4. The molecule has 0 aliphatic carbocycles. The van der Waals surface area contributed by atoms with E-state index in [0.29, 0.717) is 0 Å². The zero-order valence-electron chi connectivity index (χ0n) is 8.42. The molecule has 0 unspecified atom stereocenters. The molecule has 0 fully saturated rings. The Labute approximate surface area is 101 Å². The van der Waals surface area contributed by atoms with Gasteiger partial charge < -0.3 is 0 Å². The number of amides is 1. The Morgan fingerprint density at radius 3 is 2.57 bits per heavy atom. The third kappa shape index (κ3) is 3.78. The van der Waals surface area contributed by atoms with Crippen LogP contribution in [0.4, 0.5) is 0 Å². The molecule has 0 aliphatic rings. The fourth-order valence-electron chi connectivity index (χ4n) is 1.12. The minimum absolute atomic E-state index is 0.0449. The van der Waals surface area contributed by atoms with E-state index in [4.69, 9.17) is 0 Å². The van der Waals surface area contributed by atoms with Crippen LogP contribution in [0.25, 0.3) is 0 Å². The summed E-state index contributed by atoms with van der Waals surface area (Å²) in [6.45, 7) is 2.89. The number of unbranched alkanes of at least 4 members (excludes halogenated alkanes) is 1. The molecule has 0 saturated heterocycles. The van der Waals surface area contributed by atoms with Crippen molar-refractivity contribution >= 4 is 34.8 Å². The Hall–Kier alpha value is -0.388. The first-order chi connectivity index (χ1) is 6.74. The average molecular weight is 381 g/mol. The maximum absolute atomic E-state index is 11.5. The normalized spacial score (nSPS) is 9.71. The number of benzene rings is 1. The van der Waals surface area contributed by atoms with Gasteiger partial charge in [0.25, 0.3) is 0 Å². The number of hydrogen-bond acceptors (Lipinski definition) is 1. The van der Waals surface area contributed by atoms with E-state index in [0.717, 1.165) is 50.7 Å². The Balaban J connectivity index is 2.48. The quantitative estimate of drug-likeness (QED) is 0.613. The molecule has 0 spiro atoms. The standard InChI is InChI=1S/C11H14NO.Tl/c1-2-3-9-12-11(13)10-7-5-4-6-8-10;/h5-8H,2-3,9H2,1H3,(H,12,13);. The summed E-state index contributed by atoms with van der Waals surface area (Å²) >= 11 is 0.845. The van der Waals surface area contributed by atoms with E-state index in [1.54, 1.807) is 0 Å². The van der Waals surface area contributed by atoms with Gasteiger partial charge in [0.15, 0.2) is 0 Å². The van der Waals surface area contributed by atoms with Crippen molar-refractivity contribution in [3.05, 3.63) is 29.8 Å². The van der Waals surface area contributed by atoms with Crippen LogP contribution in [0.5, 0.6) is 0 Å². The topological polar surface area (TPSA) is 29.1 Å². The van der Waals surface area contributed by atoms with Crippen LogP contribution < -0.4 is 8.44 Å². The van der Waals surface area contributed by atoms with Crippen LogP contribution in [0.3, 0.4) is 0 Å². The van der Waals surface area contributed by atoms with E-state index in [-0.39, 0.29) is 5.91 Å². The molecule has 1 aromatic carbocycles. The van der Waals surface area contributed by atoms with Gasteiger partial charge in [-0.1, -0.05) is 0 Å². The van der Waals surface area contributed by atoms with Crippen molar-refractivity contribution in [2.45, 2.75) is 19.8 Å². The first kappa shape index (κ1) is 11.7. The van der Waals surface area contributed by atoms with Crippen molar-refractivity contribution in [1.82, 2.24) is 5.32 Å². The van der Waals surface area contributed by atoms with Crippen LogP contribution in [0, 0.1) is 0 Å². The SMILES string of the molecule is CCCCNC(=O)c1cc[c]([Tl])cc1. The number of carbonyl (C=O) groups excluding carboxylic acids is 1.